The Labute approximate surface area is 93.9 Å². The van der Waals surface area contributed by atoms with E-state index in [0.29, 0.717) is 0 Å². The van der Waals surface area contributed by atoms with Gasteiger partial charge < -0.3 is 24.6 Å². The van der Waals surface area contributed by atoms with Crippen molar-refractivity contribution in [3.63, 3.8) is 0 Å². The first-order valence-corrected chi connectivity index (χ1v) is 5.40. The van der Waals surface area contributed by atoms with Crippen molar-refractivity contribution in [1.82, 2.24) is 5.32 Å². The van der Waals surface area contributed by atoms with Crippen molar-refractivity contribution in [1.29, 1.82) is 0 Å². The topological polar surface area (TPSA) is 80.3 Å². The third-order valence-corrected chi connectivity index (χ3v) is 2.53. The van der Waals surface area contributed by atoms with Gasteiger partial charge in [0.25, 0.3) is 0 Å². The van der Waals surface area contributed by atoms with E-state index < -0.39 is 24.7 Å². The summed E-state index contributed by atoms with van der Waals surface area (Å²) in [5, 5.41) is 12.5. The summed E-state index contributed by atoms with van der Waals surface area (Å²) in [6.07, 6.45) is -2.24. The number of nitrogens with one attached hydrogen (secondary N) is 1. The zero-order chi connectivity index (χ0) is 11.9. The number of aliphatic hydroxyl groups is 1. The summed E-state index contributed by atoms with van der Waals surface area (Å²) in [4.78, 5) is 11.0. The molecule has 1 amide bonds. The van der Waals surface area contributed by atoms with Crippen LogP contribution in [-0.2, 0) is 19.0 Å². The molecule has 0 spiro atoms. The van der Waals surface area contributed by atoms with Crippen LogP contribution in [0.15, 0.2) is 0 Å². The van der Waals surface area contributed by atoms with Crippen LogP contribution in [0.1, 0.15) is 20.8 Å². The predicted molar refractivity (Wildman–Crippen MR) is 53.4 cm³/mol. The van der Waals surface area contributed by atoms with Crippen molar-refractivity contribution in [2.45, 2.75) is 57.7 Å². The van der Waals surface area contributed by atoms with Crippen LogP contribution in [-0.4, -0.2) is 47.9 Å². The van der Waals surface area contributed by atoms with E-state index in [9.17, 15) is 9.90 Å². The molecule has 6 heteroatoms. The molecule has 6 nitrogen and oxygen atoms in total. The molecule has 2 fully saturated rings. The number of hydrogen-bond acceptors (Lipinski definition) is 5. The van der Waals surface area contributed by atoms with E-state index >= 15 is 0 Å². The van der Waals surface area contributed by atoms with Crippen LogP contribution in [0.5, 0.6) is 0 Å². The van der Waals surface area contributed by atoms with Gasteiger partial charge in [-0.3, -0.25) is 4.79 Å². The molecular weight excluding hydrogens is 214 g/mol. The van der Waals surface area contributed by atoms with Crippen LogP contribution in [0.3, 0.4) is 0 Å². The Morgan fingerprint density at radius 3 is 2.69 bits per heavy atom. The summed E-state index contributed by atoms with van der Waals surface area (Å²) in [5.74, 6) is -0.232. The van der Waals surface area contributed by atoms with Crippen molar-refractivity contribution in [3.05, 3.63) is 0 Å². The number of amides is 1. The quantitative estimate of drug-likeness (QED) is 0.631. The number of carbonyl (C=O) groups excluding carboxylic acids is 1. The Morgan fingerprint density at radius 2 is 2.12 bits per heavy atom. The zero-order valence-electron chi connectivity index (χ0n) is 9.54. The number of fused-ring (bicyclic) bond motifs is 1. The van der Waals surface area contributed by atoms with Crippen molar-refractivity contribution in [2.24, 2.45) is 0 Å². The van der Waals surface area contributed by atoms with Crippen molar-refractivity contribution in [2.75, 3.05) is 0 Å². The summed E-state index contributed by atoms with van der Waals surface area (Å²) < 4.78 is 16.0. The van der Waals surface area contributed by atoms with Gasteiger partial charge in [0, 0.05) is 6.92 Å². The monoisotopic (exact) mass is 231 g/mol. The number of ether oxygens (including phenoxy) is 3. The average Bonchev–Trinajstić information content (AvgIpc) is 2.89. The minimum absolute atomic E-state index is 0.0521. The summed E-state index contributed by atoms with van der Waals surface area (Å²) in [6, 6.07) is -0.580. The Bertz CT molecular complexity index is 280. The summed E-state index contributed by atoms with van der Waals surface area (Å²) in [6.45, 7) is 5.11. The van der Waals surface area contributed by atoms with Gasteiger partial charge in [-0.15, -0.1) is 0 Å². The Hall–Kier alpha value is -0.690. The fraction of sp³-hybridized carbons (Fsp3) is 0.900. The predicted octanol–water partition coefficient (Wildman–Crippen LogP) is -0.642. The molecule has 2 N–H and O–H groups in total. The molecule has 5 unspecified atom stereocenters. The number of hydrogen-bond donors (Lipinski definition) is 2. The lowest BCUT2D eigenvalue weighted by Crippen LogP contribution is -2.57. The van der Waals surface area contributed by atoms with Crippen LogP contribution >= 0.6 is 0 Å². The van der Waals surface area contributed by atoms with Gasteiger partial charge in [0.05, 0.1) is 6.10 Å². The second-order valence-electron chi connectivity index (χ2n) is 4.38. The van der Waals surface area contributed by atoms with Gasteiger partial charge in [-0.2, -0.15) is 0 Å². The van der Waals surface area contributed by atoms with E-state index in [1.807, 2.05) is 13.8 Å². The molecule has 0 saturated carbocycles. The molecule has 2 heterocycles. The minimum Gasteiger partial charge on any atom is -0.388 e. The summed E-state index contributed by atoms with van der Waals surface area (Å²) in [5.41, 5.74) is 0. The van der Waals surface area contributed by atoms with E-state index in [-0.39, 0.29) is 18.1 Å². The molecule has 0 aromatic heterocycles. The Kier molecular flexibility index (Phi) is 3.16. The van der Waals surface area contributed by atoms with Crippen molar-refractivity contribution < 1.29 is 24.1 Å². The largest absolute Gasteiger partial charge is 0.388 e. The first kappa shape index (κ1) is 11.8. The van der Waals surface area contributed by atoms with Crippen LogP contribution in [0.25, 0.3) is 0 Å². The van der Waals surface area contributed by atoms with Gasteiger partial charge in [-0.25, -0.2) is 0 Å². The van der Waals surface area contributed by atoms with E-state index in [2.05, 4.69) is 5.32 Å². The van der Waals surface area contributed by atoms with Gasteiger partial charge in [0.15, 0.2) is 12.6 Å². The highest BCUT2D eigenvalue weighted by molar-refractivity contribution is 5.73. The zero-order valence-corrected chi connectivity index (χ0v) is 9.54. The standard InChI is InChI=1S/C10H17NO5/c1-4(2)14-9-6(11-5(3)12)7(13)8-10(15-8)16-9/h4,6-10,13H,1-3H3,(H,11,12). The number of rotatable bonds is 3. The molecule has 2 aliphatic rings. The first-order valence-electron chi connectivity index (χ1n) is 5.40. The van der Waals surface area contributed by atoms with Gasteiger partial charge in [-0.05, 0) is 13.8 Å². The van der Waals surface area contributed by atoms with Gasteiger partial charge >= 0.3 is 0 Å². The third-order valence-electron chi connectivity index (χ3n) is 2.53. The number of aliphatic hydroxyl groups excluding tert-OH is 1. The molecule has 92 valence electrons. The second kappa shape index (κ2) is 4.29. The van der Waals surface area contributed by atoms with Crippen LogP contribution in [0, 0.1) is 0 Å². The molecule has 0 aliphatic carbocycles. The SMILES string of the molecule is CC(=O)NC1C(OC(C)C)OC2OC2C1O. The van der Waals surface area contributed by atoms with Crippen molar-refractivity contribution in [3.8, 4) is 0 Å². The second-order valence-corrected chi connectivity index (χ2v) is 4.38. The summed E-state index contributed by atoms with van der Waals surface area (Å²) >= 11 is 0. The van der Waals surface area contributed by atoms with Gasteiger partial charge in [0.1, 0.15) is 18.2 Å². The van der Waals surface area contributed by atoms with Crippen LogP contribution in [0.2, 0.25) is 0 Å². The molecule has 0 aromatic rings. The molecule has 16 heavy (non-hydrogen) atoms. The van der Waals surface area contributed by atoms with E-state index in [4.69, 9.17) is 14.2 Å². The van der Waals surface area contributed by atoms with Crippen LogP contribution < -0.4 is 5.32 Å². The molecule has 2 rings (SSSR count). The third kappa shape index (κ3) is 2.35. The highest BCUT2D eigenvalue weighted by Crippen LogP contribution is 2.36. The molecular formula is C10H17NO5. The Morgan fingerprint density at radius 1 is 1.44 bits per heavy atom. The van der Waals surface area contributed by atoms with Gasteiger partial charge in [0.2, 0.25) is 5.91 Å². The molecule has 2 aliphatic heterocycles. The summed E-state index contributed by atoms with van der Waals surface area (Å²) in [7, 11) is 0. The van der Waals surface area contributed by atoms with Gasteiger partial charge in [-0.1, -0.05) is 0 Å². The maximum absolute atomic E-state index is 11.0. The maximum Gasteiger partial charge on any atom is 0.217 e. The van der Waals surface area contributed by atoms with E-state index in [1.165, 1.54) is 6.92 Å². The van der Waals surface area contributed by atoms with E-state index in [0.717, 1.165) is 0 Å². The highest BCUT2D eigenvalue weighted by atomic mass is 16.8. The molecule has 0 bridgehead atoms. The normalized spacial score (nSPS) is 41.7. The molecule has 5 atom stereocenters. The van der Waals surface area contributed by atoms with Crippen molar-refractivity contribution >= 4 is 5.91 Å². The molecule has 0 radical (unpaired) electrons. The Balaban J connectivity index is 2.03. The maximum atomic E-state index is 11.0. The fourth-order valence-electron chi connectivity index (χ4n) is 1.82. The average molecular weight is 231 g/mol. The van der Waals surface area contributed by atoms with E-state index in [1.54, 1.807) is 0 Å². The molecule has 0 aromatic carbocycles. The fourth-order valence-corrected chi connectivity index (χ4v) is 1.82. The minimum atomic E-state index is -0.786. The number of carbonyl (C=O) groups is 1. The highest BCUT2D eigenvalue weighted by Gasteiger charge is 2.57. The smallest absolute Gasteiger partial charge is 0.217 e. The lowest BCUT2D eigenvalue weighted by molar-refractivity contribution is -0.221. The first-order chi connectivity index (χ1) is 7.49. The van der Waals surface area contributed by atoms with Crippen LogP contribution in [0.4, 0.5) is 0 Å². The lowest BCUT2D eigenvalue weighted by atomic mass is 10.0. The number of epoxide rings is 1. The molecule has 2 saturated heterocycles. The lowest BCUT2D eigenvalue weighted by Gasteiger charge is -2.34.